The molecule has 0 aliphatic carbocycles. The Kier molecular flexibility index (Phi) is 6.33. The molecule has 0 fully saturated rings. The van der Waals surface area contributed by atoms with Gasteiger partial charge in [0.2, 0.25) is 5.91 Å². The molecule has 1 amide bonds. The highest BCUT2D eigenvalue weighted by Crippen LogP contribution is 2.35. The van der Waals surface area contributed by atoms with Crippen molar-refractivity contribution in [1.82, 2.24) is 15.2 Å². The molecule has 3 aromatic carbocycles. The molecule has 0 radical (unpaired) electrons. The van der Waals surface area contributed by atoms with Gasteiger partial charge in [-0.2, -0.15) is 0 Å². The lowest BCUT2D eigenvalue weighted by molar-refractivity contribution is -0.115. The van der Waals surface area contributed by atoms with Crippen LogP contribution in [0.4, 0.5) is 15.2 Å². The fraction of sp³-hybridized carbons (Fsp3) is 0.0769. The summed E-state index contributed by atoms with van der Waals surface area (Å²) in [7, 11) is 0. The minimum atomic E-state index is -0.286. The second-order valence-corrected chi connectivity index (χ2v) is 9.31. The van der Waals surface area contributed by atoms with Gasteiger partial charge in [0, 0.05) is 34.4 Å². The second kappa shape index (κ2) is 9.70. The maximum absolute atomic E-state index is 13.4. The van der Waals surface area contributed by atoms with Crippen molar-refractivity contribution in [3.8, 4) is 11.3 Å². The van der Waals surface area contributed by atoms with E-state index >= 15 is 0 Å². The lowest BCUT2D eigenvalue weighted by Crippen LogP contribution is -2.22. The van der Waals surface area contributed by atoms with Gasteiger partial charge in [-0.1, -0.05) is 54.2 Å². The smallest absolute Gasteiger partial charge is 0.230 e. The van der Waals surface area contributed by atoms with Crippen LogP contribution in [-0.2, 0) is 10.5 Å². The average Bonchev–Trinajstić information content (AvgIpc) is 3.32. The van der Waals surface area contributed by atoms with Crippen molar-refractivity contribution in [2.24, 2.45) is 0 Å². The standard InChI is InChI=1S/C26H19FN4OS2/c1-17(32)31(21-7-3-2-4-8-21)26-28-20(16-34-26)15-33-25-23-10-6-5-9-22(23)24(29-30-25)18-11-13-19(27)14-12-18/h2-14,16H,15H2,1H3. The number of nitrogens with zero attached hydrogens (tertiary/aromatic N) is 4. The molecule has 8 heteroatoms. The van der Waals surface area contributed by atoms with E-state index in [4.69, 9.17) is 4.98 Å². The van der Waals surface area contributed by atoms with Crippen molar-refractivity contribution < 1.29 is 9.18 Å². The number of halogens is 1. The summed E-state index contributed by atoms with van der Waals surface area (Å²) in [4.78, 5) is 18.6. The Hall–Kier alpha value is -3.62. The lowest BCUT2D eigenvalue weighted by Gasteiger charge is -2.17. The van der Waals surface area contributed by atoms with Crippen LogP contribution in [-0.4, -0.2) is 21.1 Å². The molecule has 0 bridgehead atoms. The second-order valence-electron chi connectivity index (χ2n) is 7.51. The fourth-order valence-corrected chi connectivity index (χ4v) is 5.48. The molecular weight excluding hydrogens is 467 g/mol. The molecular formula is C26H19FN4OS2. The number of anilines is 2. The number of carbonyl (C=O) groups excluding carboxylic acids is 1. The molecule has 34 heavy (non-hydrogen) atoms. The maximum atomic E-state index is 13.4. The van der Waals surface area contributed by atoms with Crippen LogP contribution in [0.5, 0.6) is 0 Å². The molecule has 0 N–H and O–H groups in total. The Morgan fingerprint density at radius 3 is 2.38 bits per heavy atom. The number of aromatic nitrogens is 3. The summed E-state index contributed by atoms with van der Waals surface area (Å²) < 4.78 is 13.4. The Bertz CT molecular complexity index is 1460. The van der Waals surface area contributed by atoms with Gasteiger partial charge in [-0.15, -0.1) is 21.5 Å². The van der Waals surface area contributed by atoms with E-state index in [9.17, 15) is 9.18 Å². The van der Waals surface area contributed by atoms with Crippen molar-refractivity contribution in [3.05, 3.63) is 95.8 Å². The number of para-hydroxylation sites is 1. The van der Waals surface area contributed by atoms with E-state index in [1.165, 1.54) is 30.4 Å². The van der Waals surface area contributed by atoms with Crippen LogP contribution in [0.25, 0.3) is 22.0 Å². The number of fused-ring (bicyclic) bond motifs is 1. The molecule has 5 nitrogen and oxygen atoms in total. The highest BCUT2D eigenvalue weighted by molar-refractivity contribution is 7.98. The summed E-state index contributed by atoms with van der Waals surface area (Å²) in [5, 5.41) is 14.2. The number of thiazole rings is 1. The number of benzene rings is 3. The predicted molar refractivity (Wildman–Crippen MR) is 136 cm³/mol. The first-order valence-electron chi connectivity index (χ1n) is 10.5. The van der Waals surface area contributed by atoms with Crippen molar-refractivity contribution >= 4 is 50.6 Å². The zero-order valence-electron chi connectivity index (χ0n) is 18.2. The van der Waals surface area contributed by atoms with Crippen LogP contribution in [0.15, 0.2) is 89.3 Å². The first-order chi connectivity index (χ1) is 16.6. The quantitative estimate of drug-likeness (QED) is 0.245. The Labute approximate surface area is 204 Å². The Balaban J connectivity index is 1.40. The van der Waals surface area contributed by atoms with Gasteiger partial charge in [0.05, 0.1) is 11.4 Å². The predicted octanol–water partition coefficient (Wildman–Crippen LogP) is 6.87. The number of rotatable bonds is 6. The highest BCUT2D eigenvalue weighted by atomic mass is 32.2. The van der Waals surface area contributed by atoms with Crippen molar-refractivity contribution in [2.45, 2.75) is 17.7 Å². The third kappa shape index (κ3) is 4.55. The van der Waals surface area contributed by atoms with Gasteiger partial charge in [-0.3, -0.25) is 9.69 Å². The van der Waals surface area contributed by atoms with Crippen LogP contribution < -0.4 is 4.90 Å². The minimum absolute atomic E-state index is 0.0898. The molecule has 2 aromatic heterocycles. The summed E-state index contributed by atoms with van der Waals surface area (Å²) in [6.45, 7) is 1.53. The fourth-order valence-electron chi connectivity index (χ4n) is 3.62. The van der Waals surface area contributed by atoms with E-state index in [1.54, 1.807) is 28.8 Å². The third-order valence-corrected chi connectivity index (χ3v) is 7.08. The van der Waals surface area contributed by atoms with Gasteiger partial charge in [0.25, 0.3) is 0 Å². The normalized spacial score (nSPS) is 11.0. The summed E-state index contributed by atoms with van der Waals surface area (Å²) in [6, 6.07) is 23.7. The van der Waals surface area contributed by atoms with E-state index < -0.39 is 0 Å². The molecule has 0 atom stereocenters. The van der Waals surface area contributed by atoms with E-state index in [0.29, 0.717) is 10.9 Å². The first kappa shape index (κ1) is 22.2. The van der Waals surface area contributed by atoms with E-state index in [-0.39, 0.29) is 11.7 Å². The minimum Gasteiger partial charge on any atom is -0.274 e. The summed E-state index contributed by atoms with van der Waals surface area (Å²) in [6.07, 6.45) is 0. The zero-order chi connectivity index (χ0) is 23.5. The van der Waals surface area contributed by atoms with E-state index in [1.807, 2.05) is 60.0 Å². The molecule has 0 aliphatic heterocycles. The Morgan fingerprint density at radius 2 is 1.65 bits per heavy atom. The SMILES string of the molecule is CC(=O)N(c1ccccc1)c1nc(CSc2nnc(-c3ccc(F)cc3)c3ccccc23)cs1. The van der Waals surface area contributed by atoms with Crippen LogP contribution in [0.2, 0.25) is 0 Å². The zero-order valence-corrected chi connectivity index (χ0v) is 19.8. The molecule has 0 saturated carbocycles. The monoisotopic (exact) mass is 486 g/mol. The van der Waals surface area contributed by atoms with Crippen molar-refractivity contribution in [1.29, 1.82) is 0 Å². The van der Waals surface area contributed by atoms with Crippen LogP contribution in [0, 0.1) is 5.82 Å². The van der Waals surface area contributed by atoms with Crippen LogP contribution >= 0.6 is 23.1 Å². The van der Waals surface area contributed by atoms with Gasteiger partial charge in [0.1, 0.15) is 16.5 Å². The number of hydrogen-bond donors (Lipinski definition) is 0. The summed E-state index contributed by atoms with van der Waals surface area (Å²) in [5.74, 6) is 0.213. The van der Waals surface area contributed by atoms with Gasteiger partial charge in [-0.25, -0.2) is 9.37 Å². The first-order valence-corrected chi connectivity index (χ1v) is 12.4. The average molecular weight is 487 g/mol. The topological polar surface area (TPSA) is 59.0 Å². The Morgan fingerprint density at radius 1 is 0.941 bits per heavy atom. The molecule has 2 heterocycles. The van der Waals surface area contributed by atoms with Gasteiger partial charge in [-0.05, 0) is 36.4 Å². The van der Waals surface area contributed by atoms with E-state index in [2.05, 4.69) is 10.2 Å². The molecule has 0 unspecified atom stereocenters. The third-order valence-electron chi connectivity index (χ3n) is 5.19. The van der Waals surface area contributed by atoms with Crippen LogP contribution in [0.1, 0.15) is 12.6 Å². The maximum Gasteiger partial charge on any atom is 0.230 e. The molecule has 168 valence electrons. The van der Waals surface area contributed by atoms with Crippen molar-refractivity contribution in [3.63, 3.8) is 0 Å². The number of carbonyl (C=O) groups is 1. The van der Waals surface area contributed by atoms with Gasteiger partial charge >= 0.3 is 0 Å². The van der Waals surface area contributed by atoms with E-state index in [0.717, 1.165) is 38.4 Å². The lowest BCUT2D eigenvalue weighted by atomic mass is 10.1. The summed E-state index contributed by atoms with van der Waals surface area (Å²) in [5.41, 5.74) is 3.18. The van der Waals surface area contributed by atoms with Crippen molar-refractivity contribution in [2.75, 3.05) is 4.90 Å². The van der Waals surface area contributed by atoms with Gasteiger partial charge in [0.15, 0.2) is 5.13 Å². The highest BCUT2D eigenvalue weighted by Gasteiger charge is 2.18. The number of thioether (sulfide) groups is 1. The molecule has 0 spiro atoms. The number of amides is 1. The van der Waals surface area contributed by atoms with Crippen LogP contribution in [0.3, 0.4) is 0 Å². The largest absolute Gasteiger partial charge is 0.274 e. The molecule has 0 saturated heterocycles. The molecule has 0 aliphatic rings. The number of hydrogen-bond acceptors (Lipinski definition) is 6. The molecule has 5 rings (SSSR count). The molecule has 5 aromatic rings. The van der Waals surface area contributed by atoms with Gasteiger partial charge < -0.3 is 0 Å². The summed E-state index contributed by atoms with van der Waals surface area (Å²) >= 11 is 2.98.